The Kier molecular flexibility index (Phi) is 3.61. The molecular weight excluding hydrogens is 270 g/mol. The van der Waals surface area contributed by atoms with E-state index in [-0.39, 0.29) is 11.8 Å². The number of amides is 1. The van der Waals surface area contributed by atoms with Gasteiger partial charge in [0.05, 0.1) is 16.1 Å². The molecule has 1 unspecified atom stereocenters. The summed E-state index contributed by atoms with van der Waals surface area (Å²) in [5, 5.41) is 3.80. The molecule has 4 nitrogen and oxygen atoms in total. The van der Waals surface area contributed by atoms with Crippen molar-refractivity contribution in [3.8, 4) is 0 Å². The average Bonchev–Trinajstić information content (AvgIpc) is 2.89. The van der Waals surface area contributed by atoms with Crippen LogP contribution >= 0.6 is 11.3 Å². The third kappa shape index (κ3) is 2.50. The lowest BCUT2D eigenvalue weighted by Gasteiger charge is -2.31. The van der Waals surface area contributed by atoms with E-state index in [0.717, 1.165) is 36.6 Å². The Labute approximate surface area is 122 Å². The number of rotatable bonds is 2. The summed E-state index contributed by atoms with van der Waals surface area (Å²) >= 11 is 1.72. The zero-order valence-corrected chi connectivity index (χ0v) is 12.7. The van der Waals surface area contributed by atoms with Crippen LogP contribution in [0.5, 0.6) is 0 Å². The second kappa shape index (κ2) is 5.40. The van der Waals surface area contributed by atoms with Crippen molar-refractivity contribution in [3.63, 3.8) is 0 Å². The number of benzene rings is 1. The third-order valence-corrected chi connectivity index (χ3v) is 4.92. The van der Waals surface area contributed by atoms with Crippen molar-refractivity contribution in [1.29, 1.82) is 0 Å². The van der Waals surface area contributed by atoms with Gasteiger partial charge in [0.25, 0.3) is 0 Å². The molecule has 0 aliphatic carbocycles. The molecule has 0 saturated carbocycles. The number of nitrogens with zero attached hydrogens (tertiary/aromatic N) is 2. The van der Waals surface area contributed by atoms with Crippen molar-refractivity contribution in [1.82, 2.24) is 10.3 Å². The number of thiazole rings is 1. The topological polar surface area (TPSA) is 45.2 Å². The quantitative estimate of drug-likeness (QED) is 0.924. The summed E-state index contributed by atoms with van der Waals surface area (Å²) in [6.07, 6.45) is 2.02. The molecule has 1 fully saturated rings. The number of hydrogen-bond acceptors (Lipinski definition) is 4. The van der Waals surface area contributed by atoms with Gasteiger partial charge in [0, 0.05) is 20.1 Å². The highest BCUT2D eigenvalue weighted by molar-refractivity contribution is 7.22. The fraction of sp³-hybridized carbons (Fsp3) is 0.467. The van der Waals surface area contributed by atoms with Crippen LogP contribution in [0.25, 0.3) is 10.2 Å². The predicted molar refractivity (Wildman–Crippen MR) is 83.4 cm³/mol. The highest BCUT2D eigenvalue weighted by Gasteiger charge is 2.26. The minimum atomic E-state index is 0.0856. The van der Waals surface area contributed by atoms with Gasteiger partial charge >= 0.3 is 0 Å². The van der Waals surface area contributed by atoms with E-state index in [2.05, 4.69) is 35.3 Å². The maximum atomic E-state index is 11.8. The van der Waals surface area contributed by atoms with E-state index in [9.17, 15) is 4.79 Å². The maximum absolute atomic E-state index is 11.8. The fourth-order valence-corrected chi connectivity index (χ4v) is 3.82. The van der Waals surface area contributed by atoms with Crippen LogP contribution in [0.15, 0.2) is 18.2 Å². The molecular formula is C15H19N3OS. The van der Waals surface area contributed by atoms with Gasteiger partial charge in [0.15, 0.2) is 5.13 Å². The Morgan fingerprint density at radius 3 is 3.15 bits per heavy atom. The summed E-state index contributed by atoms with van der Waals surface area (Å²) < 4.78 is 1.22. The van der Waals surface area contributed by atoms with Crippen molar-refractivity contribution in [3.05, 3.63) is 23.8 Å². The Morgan fingerprint density at radius 2 is 2.35 bits per heavy atom. The number of hydrogen-bond donors (Lipinski definition) is 1. The average molecular weight is 289 g/mol. The molecule has 1 aromatic heterocycles. The maximum Gasteiger partial charge on any atom is 0.224 e. The zero-order chi connectivity index (χ0) is 14.1. The number of piperidine rings is 1. The monoisotopic (exact) mass is 289 g/mol. The van der Waals surface area contributed by atoms with E-state index < -0.39 is 0 Å². The molecule has 3 rings (SSSR count). The number of carbonyl (C=O) groups is 1. The molecule has 1 amide bonds. The first-order valence-electron chi connectivity index (χ1n) is 7.01. The molecule has 2 aromatic rings. The van der Waals surface area contributed by atoms with Gasteiger partial charge in [-0.15, -0.1) is 0 Å². The van der Waals surface area contributed by atoms with Crippen molar-refractivity contribution >= 4 is 32.6 Å². The third-order valence-electron chi connectivity index (χ3n) is 3.84. The fourth-order valence-electron chi connectivity index (χ4n) is 2.72. The van der Waals surface area contributed by atoms with Gasteiger partial charge in [-0.1, -0.05) is 17.4 Å². The summed E-state index contributed by atoms with van der Waals surface area (Å²) in [4.78, 5) is 18.8. The lowest BCUT2D eigenvalue weighted by atomic mass is 9.98. The Balaban J connectivity index is 1.84. The molecule has 20 heavy (non-hydrogen) atoms. The first-order chi connectivity index (χ1) is 9.67. The number of aromatic nitrogens is 1. The summed E-state index contributed by atoms with van der Waals surface area (Å²) in [6, 6.07) is 6.34. The summed E-state index contributed by atoms with van der Waals surface area (Å²) in [5.41, 5.74) is 2.31. The second-order valence-corrected chi connectivity index (χ2v) is 6.38. The summed E-state index contributed by atoms with van der Waals surface area (Å²) in [7, 11) is 1.71. The van der Waals surface area contributed by atoms with Crippen LogP contribution in [0.2, 0.25) is 0 Å². The van der Waals surface area contributed by atoms with Crippen molar-refractivity contribution in [2.45, 2.75) is 19.8 Å². The van der Waals surface area contributed by atoms with Gasteiger partial charge in [-0.05, 0) is 37.5 Å². The predicted octanol–water partition coefficient (Wildman–Crippen LogP) is 2.57. The van der Waals surface area contributed by atoms with Crippen LogP contribution in [0, 0.1) is 12.8 Å². The molecule has 1 N–H and O–H groups in total. The Bertz CT molecular complexity index is 637. The lowest BCUT2D eigenvalue weighted by Crippen LogP contribution is -2.42. The second-order valence-electron chi connectivity index (χ2n) is 5.37. The number of fused-ring (bicyclic) bond motifs is 1. The van der Waals surface area contributed by atoms with Crippen LogP contribution in [-0.4, -0.2) is 31.0 Å². The number of anilines is 1. The number of aryl methyl sites for hydroxylation is 1. The van der Waals surface area contributed by atoms with E-state index in [0.29, 0.717) is 0 Å². The summed E-state index contributed by atoms with van der Waals surface area (Å²) in [6.45, 7) is 3.87. The molecule has 0 radical (unpaired) electrons. The van der Waals surface area contributed by atoms with E-state index >= 15 is 0 Å². The normalized spacial score (nSPS) is 19.3. The van der Waals surface area contributed by atoms with Crippen LogP contribution in [0.1, 0.15) is 18.4 Å². The van der Waals surface area contributed by atoms with E-state index in [1.165, 1.54) is 10.3 Å². The van der Waals surface area contributed by atoms with Crippen LogP contribution in [-0.2, 0) is 4.79 Å². The minimum Gasteiger partial charge on any atom is -0.359 e. The highest BCUT2D eigenvalue weighted by Crippen LogP contribution is 2.32. The van der Waals surface area contributed by atoms with Crippen LogP contribution in [0.4, 0.5) is 5.13 Å². The Hall–Kier alpha value is -1.62. The SMILES string of the molecule is CNC(=O)C1CCCN(c2nc3ccc(C)cc3s2)C1. The standard InChI is InChI=1S/C15H19N3OS/c1-10-5-6-12-13(8-10)20-15(17-12)18-7-3-4-11(9-18)14(19)16-2/h5-6,8,11H,3-4,7,9H2,1-2H3,(H,16,19). The van der Waals surface area contributed by atoms with Crippen molar-refractivity contribution in [2.24, 2.45) is 5.92 Å². The molecule has 1 aliphatic rings. The molecule has 1 aliphatic heterocycles. The van der Waals surface area contributed by atoms with Crippen LogP contribution in [0.3, 0.4) is 0 Å². The minimum absolute atomic E-state index is 0.0856. The molecule has 1 atom stereocenters. The first kappa shape index (κ1) is 13.4. The largest absolute Gasteiger partial charge is 0.359 e. The molecule has 2 heterocycles. The molecule has 0 bridgehead atoms. The molecule has 0 spiro atoms. The highest BCUT2D eigenvalue weighted by atomic mass is 32.1. The molecule has 5 heteroatoms. The number of nitrogens with one attached hydrogen (secondary N) is 1. The first-order valence-corrected chi connectivity index (χ1v) is 7.83. The lowest BCUT2D eigenvalue weighted by molar-refractivity contribution is -0.124. The zero-order valence-electron chi connectivity index (χ0n) is 11.8. The molecule has 1 saturated heterocycles. The summed E-state index contributed by atoms with van der Waals surface area (Å²) in [5.74, 6) is 0.231. The van der Waals surface area contributed by atoms with Gasteiger partial charge in [0.1, 0.15) is 0 Å². The van der Waals surface area contributed by atoms with E-state index in [1.807, 2.05) is 0 Å². The van der Waals surface area contributed by atoms with Gasteiger partial charge in [-0.3, -0.25) is 4.79 Å². The van der Waals surface area contributed by atoms with E-state index in [4.69, 9.17) is 4.98 Å². The molecule has 106 valence electrons. The molecule has 1 aromatic carbocycles. The van der Waals surface area contributed by atoms with Gasteiger partial charge in [-0.25, -0.2) is 4.98 Å². The Morgan fingerprint density at radius 1 is 1.50 bits per heavy atom. The number of carbonyl (C=O) groups excluding carboxylic acids is 1. The van der Waals surface area contributed by atoms with Crippen molar-refractivity contribution < 1.29 is 4.79 Å². The van der Waals surface area contributed by atoms with Gasteiger partial charge in [0.2, 0.25) is 5.91 Å². The van der Waals surface area contributed by atoms with Crippen LogP contribution < -0.4 is 10.2 Å². The van der Waals surface area contributed by atoms with Gasteiger partial charge < -0.3 is 10.2 Å². The van der Waals surface area contributed by atoms with E-state index in [1.54, 1.807) is 18.4 Å². The van der Waals surface area contributed by atoms with Crippen molar-refractivity contribution in [2.75, 3.05) is 25.0 Å². The smallest absolute Gasteiger partial charge is 0.224 e. The van der Waals surface area contributed by atoms with Gasteiger partial charge in [-0.2, -0.15) is 0 Å².